The highest BCUT2D eigenvalue weighted by atomic mass is 79.9. The highest BCUT2D eigenvalue weighted by Gasteiger charge is 2.53. The van der Waals surface area contributed by atoms with Gasteiger partial charge in [0.1, 0.15) is 5.82 Å². The standard InChI is InChI=1S/C18H25BrN2/c1-11-16(19)3-4-17(20-11)21-12(2)18-8-13-5-14(9-18)7-15(6-13)10-18/h3-4,12-15H,5-10H2,1-2H3,(H,20,21). The van der Waals surface area contributed by atoms with E-state index >= 15 is 0 Å². The second-order valence-corrected chi connectivity index (χ2v) is 8.76. The van der Waals surface area contributed by atoms with Crippen molar-refractivity contribution in [2.45, 2.75) is 58.4 Å². The summed E-state index contributed by atoms with van der Waals surface area (Å²) in [6.45, 7) is 4.46. The molecule has 21 heavy (non-hydrogen) atoms. The minimum Gasteiger partial charge on any atom is -0.367 e. The zero-order chi connectivity index (χ0) is 14.6. The van der Waals surface area contributed by atoms with Crippen LogP contribution in [0.25, 0.3) is 0 Å². The molecule has 0 aromatic carbocycles. The van der Waals surface area contributed by atoms with E-state index in [1.165, 1.54) is 38.5 Å². The first kappa shape index (κ1) is 14.0. The lowest BCUT2D eigenvalue weighted by Crippen LogP contribution is -2.53. The molecule has 1 N–H and O–H groups in total. The van der Waals surface area contributed by atoms with E-state index in [0.717, 1.165) is 33.7 Å². The first-order valence-corrected chi connectivity index (χ1v) is 9.23. The first-order chi connectivity index (χ1) is 10.0. The van der Waals surface area contributed by atoms with Crippen molar-refractivity contribution in [2.75, 3.05) is 5.32 Å². The topological polar surface area (TPSA) is 24.9 Å². The van der Waals surface area contributed by atoms with Gasteiger partial charge >= 0.3 is 0 Å². The number of hydrogen-bond donors (Lipinski definition) is 1. The number of aromatic nitrogens is 1. The number of nitrogens with one attached hydrogen (secondary N) is 1. The van der Waals surface area contributed by atoms with E-state index in [9.17, 15) is 0 Å². The maximum atomic E-state index is 4.68. The minimum atomic E-state index is 0.539. The number of rotatable bonds is 3. The van der Waals surface area contributed by atoms with Crippen molar-refractivity contribution in [3.8, 4) is 0 Å². The van der Waals surface area contributed by atoms with Gasteiger partial charge in [0.25, 0.3) is 0 Å². The molecule has 0 spiro atoms. The van der Waals surface area contributed by atoms with Gasteiger partial charge in [-0.25, -0.2) is 4.98 Å². The third-order valence-corrected chi connectivity index (χ3v) is 7.23. The summed E-state index contributed by atoms with van der Waals surface area (Å²) < 4.78 is 1.09. The first-order valence-electron chi connectivity index (χ1n) is 8.44. The molecular formula is C18H25BrN2. The van der Waals surface area contributed by atoms with E-state index in [-0.39, 0.29) is 0 Å². The Morgan fingerprint density at radius 2 is 1.71 bits per heavy atom. The van der Waals surface area contributed by atoms with E-state index in [1.807, 2.05) is 0 Å². The molecule has 4 bridgehead atoms. The summed E-state index contributed by atoms with van der Waals surface area (Å²) in [4.78, 5) is 4.68. The number of nitrogens with zero attached hydrogens (tertiary/aromatic N) is 1. The summed E-state index contributed by atoms with van der Waals surface area (Å²) in [6.07, 6.45) is 8.89. The van der Waals surface area contributed by atoms with E-state index in [1.54, 1.807) is 0 Å². The van der Waals surface area contributed by atoms with Crippen molar-refractivity contribution in [1.82, 2.24) is 4.98 Å². The average molecular weight is 349 g/mol. The zero-order valence-corrected chi connectivity index (χ0v) is 14.6. The Hall–Kier alpha value is -0.570. The van der Waals surface area contributed by atoms with Crippen LogP contribution in [0.15, 0.2) is 16.6 Å². The van der Waals surface area contributed by atoms with Crippen LogP contribution in [0.3, 0.4) is 0 Å². The van der Waals surface area contributed by atoms with Gasteiger partial charge in [0.2, 0.25) is 0 Å². The molecule has 0 amide bonds. The van der Waals surface area contributed by atoms with Crippen LogP contribution in [0.2, 0.25) is 0 Å². The molecule has 1 aromatic heterocycles. The van der Waals surface area contributed by atoms with Gasteiger partial charge in [-0.1, -0.05) is 0 Å². The molecule has 5 rings (SSSR count). The van der Waals surface area contributed by atoms with Gasteiger partial charge in [-0.05, 0) is 104 Å². The molecule has 3 heteroatoms. The van der Waals surface area contributed by atoms with Gasteiger partial charge in [-0.2, -0.15) is 0 Å². The van der Waals surface area contributed by atoms with Crippen LogP contribution in [-0.2, 0) is 0 Å². The van der Waals surface area contributed by atoms with Gasteiger partial charge in [0.05, 0.1) is 5.69 Å². The quantitative estimate of drug-likeness (QED) is 0.814. The lowest BCUT2D eigenvalue weighted by Gasteiger charge is -2.59. The van der Waals surface area contributed by atoms with Gasteiger partial charge in [-0.15, -0.1) is 0 Å². The number of hydrogen-bond acceptors (Lipinski definition) is 2. The molecule has 0 radical (unpaired) electrons. The number of anilines is 1. The Kier molecular flexibility index (Phi) is 3.33. The normalized spacial score (nSPS) is 38.5. The highest BCUT2D eigenvalue weighted by molar-refractivity contribution is 9.10. The summed E-state index contributed by atoms with van der Waals surface area (Å²) in [5.74, 6) is 4.08. The van der Waals surface area contributed by atoms with Crippen LogP contribution in [0, 0.1) is 30.1 Å². The monoisotopic (exact) mass is 348 g/mol. The van der Waals surface area contributed by atoms with Crippen molar-refractivity contribution in [3.05, 3.63) is 22.3 Å². The van der Waals surface area contributed by atoms with Crippen molar-refractivity contribution < 1.29 is 0 Å². The molecule has 0 saturated heterocycles. The largest absolute Gasteiger partial charge is 0.367 e. The number of halogens is 1. The van der Waals surface area contributed by atoms with Crippen molar-refractivity contribution in [2.24, 2.45) is 23.2 Å². The van der Waals surface area contributed by atoms with Gasteiger partial charge in [0.15, 0.2) is 0 Å². The maximum absolute atomic E-state index is 4.68. The summed E-state index contributed by atoms with van der Waals surface area (Å²) in [6, 6.07) is 4.75. The van der Waals surface area contributed by atoms with Crippen LogP contribution in [0.1, 0.15) is 51.1 Å². The lowest BCUT2D eigenvalue weighted by molar-refractivity contribution is -0.0603. The lowest BCUT2D eigenvalue weighted by atomic mass is 9.48. The Morgan fingerprint density at radius 3 is 2.24 bits per heavy atom. The fourth-order valence-electron chi connectivity index (χ4n) is 5.71. The van der Waals surface area contributed by atoms with Crippen molar-refractivity contribution in [1.29, 1.82) is 0 Å². The molecule has 1 atom stereocenters. The smallest absolute Gasteiger partial charge is 0.126 e. The Morgan fingerprint density at radius 1 is 1.14 bits per heavy atom. The Bertz CT molecular complexity index is 519. The summed E-state index contributed by atoms with van der Waals surface area (Å²) >= 11 is 3.54. The SMILES string of the molecule is Cc1nc(NC(C)C23CC4CC(CC(C4)C2)C3)ccc1Br. The molecule has 4 aliphatic carbocycles. The molecule has 2 nitrogen and oxygen atoms in total. The van der Waals surface area contributed by atoms with E-state index in [2.05, 4.69) is 52.2 Å². The molecule has 4 fully saturated rings. The predicted molar refractivity (Wildman–Crippen MR) is 90.4 cm³/mol. The summed E-state index contributed by atoms with van der Waals surface area (Å²) in [5.41, 5.74) is 1.61. The average Bonchev–Trinajstić information content (AvgIpc) is 2.41. The molecule has 1 unspecified atom stereocenters. The molecule has 0 aliphatic heterocycles. The predicted octanol–water partition coefficient (Wildman–Crippen LogP) is 5.17. The maximum Gasteiger partial charge on any atom is 0.126 e. The van der Waals surface area contributed by atoms with E-state index in [0.29, 0.717) is 11.5 Å². The summed E-state index contributed by atoms with van der Waals surface area (Å²) in [7, 11) is 0. The van der Waals surface area contributed by atoms with Crippen molar-refractivity contribution in [3.63, 3.8) is 0 Å². The molecular weight excluding hydrogens is 324 g/mol. The molecule has 1 heterocycles. The molecule has 4 saturated carbocycles. The van der Waals surface area contributed by atoms with Crippen LogP contribution in [0.5, 0.6) is 0 Å². The second kappa shape index (κ2) is 4.97. The highest BCUT2D eigenvalue weighted by Crippen LogP contribution is 2.61. The van der Waals surface area contributed by atoms with E-state index < -0.39 is 0 Å². The van der Waals surface area contributed by atoms with E-state index in [4.69, 9.17) is 0 Å². The fourth-order valence-corrected chi connectivity index (χ4v) is 5.93. The third-order valence-electron chi connectivity index (χ3n) is 6.39. The van der Waals surface area contributed by atoms with Crippen molar-refractivity contribution >= 4 is 21.7 Å². The van der Waals surface area contributed by atoms with Crippen LogP contribution in [0.4, 0.5) is 5.82 Å². The van der Waals surface area contributed by atoms with Gasteiger partial charge in [0, 0.05) is 10.5 Å². The Balaban J connectivity index is 1.54. The van der Waals surface area contributed by atoms with Crippen LogP contribution >= 0.6 is 15.9 Å². The number of aryl methyl sites for hydroxylation is 1. The van der Waals surface area contributed by atoms with Crippen LogP contribution in [-0.4, -0.2) is 11.0 Å². The third kappa shape index (κ3) is 2.42. The molecule has 114 valence electrons. The second-order valence-electron chi connectivity index (χ2n) is 7.91. The Labute approximate surface area is 136 Å². The minimum absolute atomic E-state index is 0.539. The van der Waals surface area contributed by atoms with Gasteiger partial charge < -0.3 is 5.32 Å². The van der Waals surface area contributed by atoms with Gasteiger partial charge in [-0.3, -0.25) is 0 Å². The fraction of sp³-hybridized carbons (Fsp3) is 0.722. The molecule has 4 aliphatic rings. The summed E-state index contributed by atoms with van der Waals surface area (Å²) in [5, 5.41) is 3.74. The zero-order valence-electron chi connectivity index (χ0n) is 13.0. The van der Waals surface area contributed by atoms with Crippen LogP contribution < -0.4 is 5.32 Å². The molecule has 1 aromatic rings. The number of pyridine rings is 1.